The normalized spacial score (nSPS) is 28.4. The molecule has 0 spiro atoms. The Morgan fingerprint density at radius 2 is 2.18 bits per heavy atom. The molecule has 0 aromatic rings. The molecule has 1 nitrogen and oxygen atoms in total. The molecule has 1 unspecified atom stereocenters. The fraction of sp³-hybridized carbons (Fsp3) is 0.200. The third-order valence-corrected chi connectivity index (χ3v) is 1.91. The molecular formula is C10H14N+. The zero-order chi connectivity index (χ0) is 8.16. The molecule has 1 heteroatoms. The van der Waals surface area contributed by atoms with Crippen LogP contribution in [0.25, 0.3) is 0 Å². The van der Waals surface area contributed by atoms with Crippen LogP contribution in [-0.2, 0) is 0 Å². The zero-order valence-electron chi connectivity index (χ0n) is 6.74. The molecule has 11 heavy (non-hydrogen) atoms. The van der Waals surface area contributed by atoms with Crippen LogP contribution in [0.3, 0.4) is 0 Å². The van der Waals surface area contributed by atoms with Gasteiger partial charge in [-0.25, -0.2) is 0 Å². The third kappa shape index (κ3) is 1.69. The van der Waals surface area contributed by atoms with E-state index in [1.165, 1.54) is 0 Å². The van der Waals surface area contributed by atoms with Crippen molar-refractivity contribution < 1.29 is 4.48 Å². The molecule has 0 saturated carbocycles. The smallest absolute Gasteiger partial charge is 0.106 e. The summed E-state index contributed by atoms with van der Waals surface area (Å²) in [4.78, 5) is 0. The highest BCUT2D eigenvalue weighted by molar-refractivity contribution is 5.05. The highest BCUT2D eigenvalue weighted by Gasteiger charge is 2.18. The lowest BCUT2D eigenvalue weighted by Gasteiger charge is -2.29. The molecule has 0 bridgehead atoms. The van der Waals surface area contributed by atoms with Gasteiger partial charge in [-0.05, 0) is 24.8 Å². The molecule has 0 aliphatic carbocycles. The maximum Gasteiger partial charge on any atom is 0.106 e. The predicted octanol–water partition coefficient (Wildman–Crippen LogP) is 2.22. The molecule has 0 saturated heterocycles. The summed E-state index contributed by atoms with van der Waals surface area (Å²) >= 11 is 0. The molecule has 1 aliphatic rings. The number of allylic oxidation sites excluding steroid dienone is 2. The van der Waals surface area contributed by atoms with E-state index in [4.69, 9.17) is 0 Å². The number of hydrogen-bond acceptors (Lipinski definition) is 0. The van der Waals surface area contributed by atoms with Crippen LogP contribution in [-0.4, -0.2) is 17.6 Å². The Hall–Kier alpha value is -1.08. The van der Waals surface area contributed by atoms with Crippen molar-refractivity contribution in [1.29, 1.82) is 0 Å². The molecule has 0 aromatic heterocycles. The number of nitrogens with zero attached hydrogens (tertiary/aromatic N) is 1. The van der Waals surface area contributed by atoms with Gasteiger partial charge >= 0.3 is 0 Å². The van der Waals surface area contributed by atoms with Crippen molar-refractivity contribution in [3.05, 3.63) is 49.9 Å². The topological polar surface area (TPSA) is 0 Å². The number of hydrogen-bond donors (Lipinski definition) is 0. The van der Waals surface area contributed by atoms with Crippen LogP contribution >= 0.6 is 0 Å². The second kappa shape index (κ2) is 3.35. The van der Waals surface area contributed by atoms with Gasteiger partial charge in [0, 0.05) is 0 Å². The van der Waals surface area contributed by atoms with Crippen LogP contribution < -0.4 is 0 Å². The van der Waals surface area contributed by atoms with Crippen LogP contribution in [0.5, 0.6) is 0 Å². The molecular weight excluding hydrogens is 134 g/mol. The molecule has 0 amide bonds. The quantitative estimate of drug-likeness (QED) is 0.425. The van der Waals surface area contributed by atoms with Gasteiger partial charge in [0.2, 0.25) is 0 Å². The van der Waals surface area contributed by atoms with Gasteiger partial charge in [0.15, 0.2) is 0 Å². The Bertz CT molecular complexity index is 209. The standard InChI is InChI=1S/C10H14N/c1-3-8-11(4-2)9-6-5-7-10-11/h3-7,9H,1-2,8,10H2/q+1. The average molecular weight is 148 g/mol. The average Bonchev–Trinajstić information content (AvgIpc) is 2.07. The predicted molar refractivity (Wildman–Crippen MR) is 48.7 cm³/mol. The second-order valence-corrected chi connectivity index (χ2v) is 2.71. The molecule has 1 rings (SSSR count). The van der Waals surface area contributed by atoms with Crippen LogP contribution in [0.15, 0.2) is 49.9 Å². The Morgan fingerprint density at radius 3 is 2.64 bits per heavy atom. The maximum atomic E-state index is 3.81. The van der Waals surface area contributed by atoms with Crippen molar-refractivity contribution in [1.82, 2.24) is 0 Å². The molecule has 58 valence electrons. The van der Waals surface area contributed by atoms with Crippen molar-refractivity contribution in [3.63, 3.8) is 0 Å². The van der Waals surface area contributed by atoms with E-state index in [2.05, 4.69) is 37.6 Å². The van der Waals surface area contributed by atoms with Gasteiger partial charge in [-0.15, -0.1) is 0 Å². The molecule has 1 heterocycles. The van der Waals surface area contributed by atoms with Gasteiger partial charge in [-0.1, -0.05) is 12.7 Å². The Kier molecular flexibility index (Phi) is 2.44. The second-order valence-electron chi connectivity index (χ2n) is 2.71. The summed E-state index contributed by atoms with van der Waals surface area (Å²) in [5.41, 5.74) is 0. The van der Waals surface area contributed by atoms with Crippen LogP contribution in [0, 0.1) is 0 Å². The lowest BCUT2D eigenvalue weighted by atomic mass is 10.3. The minimum Gasteiger partial charge on any atom is -0.265 e. The fourth-order valence-electron chi connectivity index (χ4n) is 1.20. The van der Waals surface area contributed by atoms with Crippen LogP contribution in [0.4, 0.5) is 0 Å². The van der Waals surface area contributed by atoms with Crippen molar-refractivity contribution in [3.8, 4) is 0 Å². The summed E-state index contributed by atoms with van der Waals surface area (Å²) in [5, 5.41) is 0. The largest absolute Gasteiger partial charge is 0.265 e. The van der Waals surface area contributed by atoms with E-state index in [-0.39, 0.29) is 0 Å². The first-order chi connectivity index (χ1) is 5.33. The maximum absolute atomic E-state index is 3.81. The first-order valence-corrected chi connectivity index (χ1v) is 3.78. The van der Waals surface area contributed by atoms with Crippen molar-refractivity contribution in [2.75, 3.05) is 13.1 Å². The lowest BCUT2D eigenvalue weighted by Crippen LogP contribution is -2.37. The molecule has 0 radical (unpaired) electrons. The summed E-state index contributed by atoms with van der Waals surface area (Å²) in [7, 11) is 0. The molecule has 1 aliphatic heterocycles. The Labute approximate surface area is 68.2 Å². The third-order valence-electron chi connectivity index (χ3n) is 1.91. The van der Waals surface area contributed by atoms with Gasteiger partial charge in [-0.2, -0.15) is 0 Å². The van der Waals surface area contributed by atoms with Crippen molar-refractivity contribution in [2.24, 2.45) is 0 Å². The summed E-state index contributed by atoms with van der Waals surface area (Å²) in [6.45, 7) is 9.45. The van der Waals surface area contributed by atoms with E-state index in [0.717, 1.165) is 17.6 Å². The highest BCUT2D eigenvalue weighted by atomic mass is 15.3. The van der Waals surface area contributed by atoms with E-state index in [1.807, 2.05) is 12.3 Å². The van der Waals surface area contributed by atoms with Crippen molar-refractivity contribution in [2.45, 2.75) is 0 Å². The lowest BCUT2D eigenvalue weighted by molar-refractivity contribution is -0.815. The molecule has 1 atom stereocenters. The minimum atomic E-state index is 0.792. The summed E-state index contributed by atoms with van der Waals surface area (Å²) in [6.07, 6.45) is 12.3. The number of quaternary nitrogens is 1. The Balaban J connectivity index is 2.75. The first kappa shape index (κ1) is 8.02. The number of rotatable bonds is 3. The van der Waals surface area contributed by atoms with E-state index in [9.17, 15) is 0 Å². The monoisotopic (exact) mass is 148 g/mol. The van der Waals surface area contributed by atoms with E-state index in [0.29, 0.717) is 0 Å². The van der Waals surface area contributed by atoms with Crippen LogP contribution in [0.2, 0.25) is 0 Å². The highest BCUT2D eigenvalue weighted by Crippen LogP contribution is 2.12. The van der Waals surface area contributed by atoms with E-state index in [1.54, 1.807) is 0 Å². The van der Waals surface area contributed by atoms with Gasteiger partial charge in [-0.3, -0.25) is 4.48 Å². The van der Waals surface area contributed by atoms with E-state index >= 15 is 0 Å². The SMILES string of the molecule is C=CC[N+]1(C=C)C=CC=CC1. The van der Waals surface area contributed by atoms with Gasteiger partial charge in [0.25, 0.3) is 0 Å². The minimum absolute atomic E-state index is 0.792. The first-order valence-electron chi connectivity index (χ1n) is 3.78. The van der Waals surface area contributed by atoms with Crippen molar-refractivity contribution >= 4 is 0 Å². The molecule has 0 N–H and O–H groups in total. The fourth-order valence-corrected chi connectivity index (χ4v) is 1.20. The van der Waals surface area contributed by atoms with Gasteiger partial charge < -0.3 is 0 Å². The van der Waals surface area contributed by atoms with E-state index < -0.39 is 0 Å². The summed E-state index contributed by atoms with van der Waals surface area (Å²) < 4.78 is 0.792. The molecule has 0 aromatic carbocycles. The van der Waals surface area contributed by atoms with Gasteiger partial charge in [0.05, 0.1) is 6.20 Å². The Morgan fingerprint density at radius 1 is 1.36 bits per heavy atom. The summed E-state index contributed by atoms with van der Waals surface area (Å²) in [5.74, 6) is 0. The van der Waals surface area contributed by atoms with Crippen LogP contribution in [0.1, 0.15) is 0 Å². The molecule has 0 fully saturated rings. The van der Waals surface area contributed by atoms with Gasteiger partial charge in [0.1, 0.15) is 19.3 Å². The zero-order valence-corrected chi connectivity index (χ0v) is 6.74. The summed E-state index contributed by atoms with van der Waals surface area (Å²) in [6, 6.07) is 0.